The van der Waals surface area contributed by atoms with E-state index < -0.39 is 5.97 Å². The molecule has 4 heteroatoms. The van der Waals surface area contributed by atoms with E-state index in [1.165, 1.54) is 0 Å². The molecule has 21 heavy (non-hydrogen) atoms. The standard InChI is InChI=1S/C17H19NO3/c1-12(15-4-3-5-16(10-15)21-2)18-11-13-6-8-14(9-7-13)17(19)20/h3-10,12,18H,11H2,1-2H3,(H,19,20)/t12-/m0/s1. The van der Waals surface area contributed by atoms with E-state index in [1.54, 1.807) is 19.2 Å². The highest BCUT2D eigenvalue weighted by atomic mass is 16.5. The lowest BCUT2D eigenvalue weighted by Crippen LogP contribution is -2.18. The summed E-state index contributed by atoms with van der Waals surface area (Å²) in [5.41, 5.74) is 2.51. The third-order valence-electron chi connectivity index (χ3n) is 3.41. The number of carboxylic acids is 1. The maximum absolute atomic E-state index is 10.8. The minimum Gasteiger partial charge on any atom is -0.497 e. The van der Waals surface area contributed by atoms with Crippen LogP contribution >= 0.6 is 0 Å². The summed E-state index contributed by atoms with van der Waals surface area (Å²) in [5.74, 6) is -0.0637. The summed E-state index contributed by atoms with van der Waals surface area (Å²) in [5, 5.41) is 12.3. The van der Waals surface area contributed by atoms with E-state index >= 15 is 0 Å². The molecule has 2 aromatic rings. The van der Waals surface area contributed by atoms with Crippen LogP contribution in [0, 0.1) is 0 Å². The van der Waals surface area contributed by atoms with Crippen molar-refractivity contribution < 1.29 is 14.6 Å². The first-order valence-electron chi connectivity index (χ1n) is 6.79. The number of carbonyl (C=O) groups is 1. The fourth-order valence-corrected chi connectivity index (χ4v) is 2.06. The first kappa shape index (κ1) is 15.1. The molecule has 0 heterocycles. The van der Waals surface area contributed by atoms with Crippen LogP contribution in [-0.2, 0) is 6.54 Å². The Morgan fingerprint density at radius 3 is 2.57 bits per heavy atom. The van der Waals surface area contributed by atoms with Crippen LogP contribution in [0.2, 0.25) is 0 Å². The molecule has 4 nitrogen and oxygen atoms in total. The zero-order valence-corrected chi connectivity index (χ0v) is 12.2. The topological polar surface area (TPSA) is 58.6 Å². The van der Waals surface area contributed by atoms with Gasteiger partial charge in [-0.15, -0.1) is 0 Å². The van der Waals surface area contributed by atoms with Gasteiger partial charge in [0.15, 0.2) is 0 Å². The molecule has 0 radical (unpaired) electrons. The molecule has 0 aliphatic carbocycles. The van der Waals surface area contributed by atoms with E-state index in [0.717, 1.165) is 16.9 Å². The summed E-state index contributed by atoms with van der Waals surface area (Å²) in [6.45, 7) is 2.76. The lowest BCUT2D eigenvalue weighted by Gasteiger charge is -2.15. The van der Waals surface area contributed by atoms with Gasteiger partial charge in [0, 0.05) is 12.6 Å². The van der Waals surface area contributed by atoms with Crippen molar-refractivity contribution in [1.82, 2.24) is 5.32 Å². The first-order chi connectivity index (χ1) is 10.1. The largest absolute Gasteiger partial charge is 0.497 e. The number of aromatic carboxylic acids is 1. The number of rotatable bonds is 6. The van der Waals surface area contributed by atoms with Gasteiger partial charge >= 0.3 is 5.97 Å². The van der Waals surface area contributed by atoms with Crippen molar-refractivity contribution in [1.29, 1.82) is 0 Å². The molecule has 0 aliphatic rings. The molecule has 0 aliphatic heterocycles. The molecule has 0 saturated heterocycles. The lowest BCUT2D eigenvalue weighted by molar-refractivity contribution is 0.0697. The molecule has 0 saturated carbocycles. The second kappa shape index (κ2) is 6.90. The molecule has 110 valence electrons. The van der Waals surface area contributed by atoms with Crippen LogP contribution in [-0.4, -0.2) is 18.2 Å². The van der Waals surface area contributed by atoms with Gasteiger partial charge in [-0.25, -0.2) is 4.79 Å². The fourth-order valence-electron chi connectivity index (χ4n) is 2.06. The van der Waals surface area contributed by atoms with Crippen molar-refractivity contribution in [3.63, 3.8) is 0 Å². The number of carboxylic acid groups (broad SMARTS) is 1. The van der Waals surface area contributed by atoms with E-state index in [-0.39, 0.29) is 6.04 Å². The Morgan fingerprint density at radius 2 is 1.95 bits per heavy atom. The van der Waals surface area contributed by atoms with Crippen LogP contribution in [0.15, 0.2) is 48.5 Å². The second-order valence-corrected chi connectivity index (χ2v) is 4.88. The van der Waals surface area contributed by atoms with Crippen molar-refractivity contribution in [3.8, 4) is 5.75 Å². The molecule has 0 amide bonds. The molecule has 0 bridgehead atoms. The first-order valence-corrected chi connectivity index (χ1v) is 6.79. The van der Waals surface area contributed by atoms with E-state index in [0.29, 0.717) is 12.1 Å². The Kier molecular flexibility index (Phi) is 4.95. The molecule has 1 atom stereocenters. The number of methoxy groups -OCH3 is 1. The Morgan fingerprint density at radius 1 is 1.24 bits per heavy atom. The van der Waals surface area contributed by atoms with Gasteiger partial charge < -0.3 is 15.2 Å². The van der Waals surface area contributed by atoms with Crippen molar-refractivity contribution in [2.24, 2.45) is 0 Å². The van der Waals surface area contributed by atoms with Gasteiger partial charge in [-0.1, -0.05) is 24.3 Å². The predicted octanol–water partition coefficient (Wildman–Crippen LogP) is 3.24. The molecular formula is C17H19NO3. The number of hydrogen-bond donors (Lipinski definition) is 2. The van der Waals surface area contributed by atoms with Crippen LogP contribution in [0.1, 0.15) is 34.5 Å². The Labute approximate surface area is 124 Å². The van der Waals surface area contributed by atoms with Gasteiger partial charge in [0.05, 0.1) is 12.7 Å². The van der Waals surface area contributed by atoms with Crippen molar-refractivity contribution in [3.05, 3.63) is 65.2 Å². The summed E-state index contributed by atoms with van der Waals surface area (Å²) >= 11 is 0. The molecule has 0 unspecified atom stereocenters. The fraction of sp³-hybridized carbons (Fsp3) is 0.235. The molecule has 0 aromatic heterocycles. The summed E-state index contributed by atoms with van der Waals surface area (Å²) in [4.78, 5) is 10.8. The van der Waals surface area contributed by atoms with Gasteiger partial charge in [0.25, 0.3) is 0 Å². The smallest absolute Gasteiger partial charge is 0.335 e. The van der Waals surface area contributed by atoms with Gasteiger partial charge in [-0.2, -0.15) is 0 Å². The number of hydrogen-bond acceptors (Lipinski definition) is 3. The Balaban J connectivity index is 1.96. The van der Waals surface area contributed by atoms with E-state index in [9.17, 15) is 4.79 Å². The molecule has 0 spiro atoms. The van der Waals surface area contributed by atoms with Crippen LogP contribution in [0.4, 0.5) is 0 Å². The average molecular weight is 285 g/mol. The number of nitrogens with one attached hydrogen (secondary N) is 1. The summed E-state index contributed by atoms with van der Waals surface area (Å²) in [6, 6.07) is 15.0. The number of ether oxygens (including phenoxy) is 1. The summed E-state index contributed by atoms with van der Waals surface area (Å²) < 4.78 is 5.22. The zero-order valence-electron chi connectivity index (χ0n) is 12.2. The van der Waals surface area contributed by atoms with Gasteiger partial charge in [-0.05, 0) is 42.3 Å². The monoisotopic (exact) mass is 285 g/mol. The number of benzene rings is 2. The van der Waals surface area contributed by atoms with Crippen LogP contribution < -0.4 is 10.1 Å². The minimum atomic E-state index is -0.903. The van der Waals surface area contributed by atoms with Crippen LogP contribution in [0.25, 0.3) is 0 Å². The third kappa shape index (κ3) is 4.07. The maximum Gasteiger partial charge on any atom is 0.335 e. The summed E-state index contributed by atoms with van der Waals surface area (Å²) in [7, 11) is 1.65. The van der Waals surface area contributed by atoms with Gasteiger partial charge in [-0.3, -0.25) is 0 Å². The molecule has 2 rings (SSSR count). The van der Waals surface area contributed by atoms with Crippen LogP contribution in [0.5, 0.6) is 5.75 Å². The predicted molar refractivity (Wildman–Crippen MR) is 81.7 cm³/mol. The zero-order chi connectivity index (χ0) is 15.2. The highest BCUT2D eigenvalue weighted by molar-refractivity contribution is 5.87. The average Bonchev–Trinajstić information content (AvgIpc) is 2.53. The second-order valence-electron chi connectivity index (χ2n) is 4.88. The highest BCUT2D eigenvalue weighted by Gasteiger charge is 2.07. The van der Waals surface area contributed by atoms with E-state index in [2.05, 4.69) is 12.2 Å². The molecular weight excluding hydrogens is 266 g/mol. The Bertz CT molecular complexity index is 608. The maximum atomic E-state index is 10.8. The highest BCUT2D eigenvalue weighted by Crippen LogP contribution is 2.19. The minimum absolute atomic E-state index is 0.180. The molecule has 2 aromatic carbocycles. The van der Waals surface area contributed by atoms with Crippen LogP contribution in [0.3, 0.4) is 0 Å². The molecule has 2 N–H and O–H groups in total. The third-order valence-corrected chi connectivity index (χ3v) is 3.41. The van der Waals surface area contributed by atoms with Gasteiger partial charge in [0.1, 0.15) is 5.75 Å². The van der Waals surface area contributed by atoms with Gasteiger partial charge in [0.2, 0.25) is 0 Å². The lowest BCUT2D eigenvalue weighted by atomic mass is 10.1. The summed E-state index contributed by atoms with van der Waals surface area (Å²) in [6.07, 6.45) is 0. The Hall–Kier alpha value is -2.33. The quantitative estimate of drug-likeness (QED) is 0.855. The van der Waals surface area contributed by atoms with Crippen molar-refractivity contribution in [2.75, 3.05) is 7.11 Å². The molecule has 0 fully saturated rings. The van der Waals surface area contributed by atoms with Crippen molar-refractivity contribution >= 4 is 5.97 Å². The van der Waals surface area contributed by atoms with E-state index in [1.807, 2.05) is 36.4 Å². The van der Waals surface area contributed by atoms with E-state index in [4.69, 9.17) is 9.84 Å². The SMILES string of the molecule is COc1cccc([C@H](C)NCc2ccc(C(=O)O)cc2)c1. The normalized spacial score (nSPS) is 11.9. The van der Waals surface area contributed by atoms with Crippen molar-refractivity contribution in [2.45, 2.75) is 19.5 Å².